The lowest BCUT2D eigenvalue weighted by Crippen LogP contribution is -2.53. The maximum Gasteiger partial charge on any atom is 0.317 e. The average Bonchev–Trinajstić information content (AvgIpc) is 2.97. The van der Waals surface area contributed by atoms with E-state index in [9.17, 15) is 14.7 Å². The molecule has 2 N–H and O–H groups in total. The number of amides is 2. The van der Waals surface area contributed by atoms with Crippen LogP contribution in [0.5, 0.6) is 0 Å². The third-order valence-corrected chi connectivity index (χ3v) is 5.12. The van der Waals surface area contributed by atoms with Gasteiger partial charge in [-0.15, -0.1) is 10.2 Å². The van der Waals surface area contributed by atoms with Gasteiger partial charge < -0.3 is 19.9 Å². The van der Waals surface area contributed by atoms with Gasteiger partial charge in [0.2, 0.25) is 0 Å². The first-order chi connectivity index (χ1) is 11.8. The second-order valence-electron chi connectivity index (χ2n) is 7.71. The fourth-order valence-corrected chi connectivity index (χ4v) is 3.86. The molecule has 8 nitrogen and oxygen atoms in total. The number of carbonyl (C=O) groups excluding carboxylic acids is 1. The summed E-state index contributed by atoms with van der Waals surface area (Å²) in [5, 5.41) is 20.9. The van der Waals surface area contributed by atoms with Crippen molar-refractivity contribution in [1.29, 1.82) is 0 Å². The maximum absolute atomic E-state index is 12.6. The van der Waals surface area contributed by atoms with E-state index in [1.807, 2.05) is 6.92 Å². The SMILES string of the molecule is CC1CC(C(=O)O)CN(C(=O)NC2CCc3nnc(C(C)C)n3C2)C1. The van der Waals surface area contributed by atoms with Crippen LogP contribution in [-0.2, 0) is 17.8 Å². The zero-order valence-electron chi connectivity index (χ0n) is 15.1. The number of carboxylic acids is 1. The Hall–Kier alpha value is -2.12. The summed E-state index contributed by atoms with van der Waals surface area (Å²) in [6.45, 7) is 7.73. The largest absolute Gasteiger partial charge is 0.481 e. The van der Waals surface area contributed by atoms with Crippen LogP contribution in [-0.4, -0.2) is 55.9 Å². The minimum atomic E-state index is -0.822. The molecular weight excluding hydrogens is 322 g/mol. The molecule has 138 valence electrons. The Labute approximate surface area is 147 Å². The van der Waals surface area contributed by atoms with Crippen LogP contribution in [0.15, 0.2) is 0 Å². The molecule has 8 heteroatoms. The molecule has 0 aliphatic carbocycles. The molecule has 0 aromatic carbocycles. The van der Waals surface area contributed by atoms with E-state index in [2.05, 4.69) is 33.9 Å². The Balaban J connectivity index is 1.63. The number of nitrogens with one attached hydrogen (secondary N) is 1. The van der Waals surface area contributed by atoms with E-state index < -0.39 is 11.9 Å². The molecule has 0 bridgehead atoms. The van der Waals surface area contributed by atoms with E-state index >= 15 is 0 Å². The molecule has 1 saturated heterocycles. The molecule has 1 fully saturated rings. The summed E-state index contributed by atoms with van der Waals surface area (Å²) < 4.78 is 2.11. The third kappa shape index (κ3) is 3.77. The van der Waals surface area contributed by atoms with Crippen molar-refractivity contribution in [3.05, 3.63) is 11.6 Å². The molecule has 3 atom stereocenters. The van der Waals surface area contributed by atoms with Gasteiger partial charge in [-0.25, -0.2) is 4.79 Å². The van der Waals surface area contributed by atoms with Crippen molar-refractivity contribution in [3.63, 3.8) is 0 Å². The minimum Gasteiger partial charge on any atom is -0.481 e. The summed E-state index contributed by atoms with van der Waals surface area (Å²) >= 11 is 0. The Kier molecular flexibility index (Phi) is 4.96. The van der Waals surface area contributed by atoms with Crippen LogP contribution in [0, 0.1) is 11.8 Å². The molecule has 2 aliphatic heterocycles. The normalized spacial score (nSPS) is 26.4. The summed E-state index contributed by atoms with van der Waals surface area (Å²) in [7, 11) is 0. The summed E-state index contributed by atoms with van der Waals surface area (Å²) in [4.78, 5) is 25.6. The van der Waals surface area contributed by atoms with Gasteiger partial charge in [-0.05, 0) is 18.8 Å². The number of hydrogen-bond donors (Lipinski definition) is 2. The first-order valence-electron chi connectivity index (χ1n) is 9.05. The van der Waals surface area contributed by atoms with Gasteiger partial charge >= 0.3 is 12.0 Å². The van der Waals surface area contributed by atoms with Crippen LogP contribution in [0.2, 0.25) is 0 Å². The van der Waals surface area contributed by atoms with Crippen LogP contribution in [0.4, 0.5) is 4.79 Å². The van der Waals surface area contributed by atoms with Crippen molar-refractivity contribution >= 4 is 12.0 Å². The predicted octanol–water partition coefficient (Wildman–Crippen LogP) is 1.47. The van der Waals surface area contributed by atoms with Crippen molar-refractivity contribution in [3.8, 4) is 0 Å². The van der Waals surface area contributed by atoms with Crippen molar-refractivity contribution in [2.75, 3.05) is 13.1 Å². The van der Waals surface area contributed by atoms with Crippen LogP contribution in [0.3, 0.4) is 0 Å². The molecule has 1 aromatic heterocycles. The van der Waals surface area contributed by atoms with Crippen LogP contribution in [0.1, 0.15) is 51.2 Å². The molecule has 0 spiro atoms. The molecule has 3 heterocycles. The van der Waals surface area contributed by atoms with Crippen molar-refractivity contribution in [2.24, 2.45) is 11.8 Å². The molecule has 0 saturated carbocycles. The molecule has 3 rings (SSSR count). The highest BCUT2D eigenvalue weighted by Gasteiger charge is 2.33. The lowest BCUT2D eigenvalue weighted by molar-refractivity contribution is -0.143. The van der Waals surface area contributed by atoms with Crippen molar-refractivity contribution < 1.29 is 14.7 Å². The Bertz CT molecular complexity index is 657. The Morgan fingerprint density at radius 1 is 1.24 bits per heavy atom. The fourth-order valence-electron chi connectivity index (χ4n) is 3.86. The number of urea groups is 1. The molecule has 3 unspecified atom stereocenters. The van der Waals surface area contributed by atoms with Gasteiger partial charge in [0.1, 0.15) is 11.6 Å². The van der Waals surface area contributed by atoms with Crippen LogP contribution < -0.4 is 5.32 Å². The molecule has 0 radical (unpaired) electrons. The number of carboxylic acid groups (broad SMARTS) is 1. The molecular formula is C17H27N5O3. The number of rotatable bonds is 3. The van der Waals surface area contributed by atoms with Gasteiger partial charge in [0.15, 0.2) is 0 Å². The molecule has 2 amide bonds. The first kappa shape index (κ1) is 17.7. The number of fused-ring (bicyclic) bond motifs is 1. The van der Waals surface area contributed by atoms with Gasteiger partial charge in [0.25, 0.3) is 0 Å². The van der Waals surface area contributed by atoms with Crippen molar-refractivity contribution in [2.45, 2.75) is 58.5 Å². The first-order valence-corrected chi connectivity index (χ1v) is 9.05. The van der Waals surface area contributed by atoms with Gasteiger partial charge in [-0.1, -0.05) is 20.8 Å². The predicted molar refractivity (Wildman–Crippen MR) is 91.2 cm³/mol. The number of nitrogens with zero attached hydrogens (tertiary/aromatic N) is 4. The average molecular weight is 349 g/mol. The minimum absolute atomic E-state index is 0.0222. The molecule has 1 aromatic rings. The monoisotopic (exact) mass is 349 g/mol. The highest BCUT2D eigenvalue weighted by molar-refractivity contribution is 5.76. The summed E-state index contributed by atoms with van der Waals surface area (Å²) in [6.07, 6.45) is 2.25. The number of likely N-dealkylation sites (tertiary alicyclic amines) is 1. The van der Waals surface area contributed by atoms with Crippen molar-refractivity contribution in [1.82, 2.24) is 25.0 Å². The van der Waals surface area contributed by atoms with Gasteiger partial charge in [-0.3, -0.25) is 4.79 Å². The fraction of sp³-hybridized carbons (Fsp3) is 0.765. The van der Waals surface area contributed by atoms with E-state index in [1.54, 1.807) is 4.90 Å². The van der Waals surface area contributed by atoms with E-state index in [4.69, 9.17) is 0 Å². The molecule has 25 heavy (non-hydrogen) atoms. The second-order valence-corrected chi connectivity index (χ2v) is 7.71. The van der Waals surface area contributed by atoms with E-state index in [0.717, 1.165) is 24.5 Å². The lowest BCUT2D eigenvalue weighted by Gasteiger charge is -2.36. The Morgan fingerprint density at radius 2 is 2.00 bits per heavy atom. The standard InChI is InChI=1S/C17H27N5O3/c1-10(2)15-20-19-14-5-4-13(9-22(14)15)18-17(25)21-7-11(3)6-12(8-21)16(23)24/h10-13H,4-9H2,1-3H3,(H,18,25)(H,23,24). The molecule has 2 aliphatic rings. The maximum atomic E-state index is 12.6. The number of hydrogen-bond acceptors (Lipinski definition) is 4. The van der Waals surface area contributed by atoms with Crippen LogP contribution >= 0.6 is 0 Å². The highest BCUT2D eigenvalue weighted by Crippen LogP contribution is 2.23. The summed E-state index contributed by atoms with van der Waals surface area (Å²) in [5.41, 5.74) is 0. The summed E-state index contributed by atoms with van der Waals surface area (Å²) in [6, 6.07) is -0.139. The number of piperidine rings is 1. The smallest absolute Gasteiger partial charge is 0.317 e. The number of carbonyl (C=O) groups is 2. The lowest BCUT2D eigenvalue weighted by atomic mass is 9.91. The highest BCUT2D eigenvalue weighted by atomic mass is 16.4. The topological polar surface area (TPSA) is 100 Å². The quantitative estimate of drug-likeness (QED) is 0.861. The summed E-state index contributed by atoms with van der Waals surface area (Å²) in [5.74, 6) is 1.12. The second kappa shape index (κ2) is 7.01. The van der Waals surface area contributed by atoms with E-state index in [-0.39, 0.29) is 30.5 Å². The number of aryl methyl sites for hydroxylation is 1. The number of aromatic nitrogens is 3. The van der Waals surface area contributed by atoms with Crippen LogP contribution in [0.25, 0.3) is 0 Å². The number of aliphatic carboxylic acids is 1. The van der Waals surface area contributed by atoms with E-state index in [1.165, 1.54) is 0 Å². The zero-order valence-corrected chi connectivity index (χ0v) is 15.1. The third-order valence-electron chi connectivity index (χ3n) is 5.12. The zero-order chi connectivity index (χ0) is 18.1. The Morgan fingerprint density at radius 3 is 2.68 bits per heavy atom. The van der Waals surface area contributed by atoms with Gasteiger partial charge in [0, 0.05) is 38.0 Å². The van der Waals surface area contributed by atoms with Gasteiger partial charge in [-0.2, -0.15) is 0 Å². The van der Waals surface area contributed by atoms with Gasteiger partial charge in [0.05, 0.1) is 5.92 Å². The van der Waals surface area contributed by atoms with E-state index in [0.29, 0.717) is 19.5 Å².